The summed E-state index contributed by atoms with van der Waals surface area (Å²) in [4.78, 5) is 25.1. The van der Waals surface area contributed by atoms with Gasteiger partial charge in [0.2, 0.25) is 5.43 Å². The Kier molecular flexibility index (Phi) is 4.52. The van der Waals surface area contributed by atoms with E-state index in [1.165, 1.54) is 25.4 Å². The molecule has 0 bridgehead atoms. The van der Waals surface area contributed by atoms with Gasteiger partial charge in [-0.05, 0) is 35.9 Å². The smallest absolute Gasteiger partial charge is 0.257 e. The summed E-state index contributed by atoms with van der Waals surface area (Å²) < 4.78 is 19.8. The van der Waals surface area contributed by atoms with Gasteiger partial charge >= 0.3 is 0 Å². The Labute approximate surface area is 143 Å². The molecule has 0 unspecified atom stereocenters. The van der Waals surface area contributed by atoms with Crippen LogP contribution in [-0.4, -0.2) is 17.6 Å². The molecular weight excluding hydrogens is 323 g/mol. The SMILES string of the molecule is COc1ccc2c(c1)c(=O)c(C(=O)NCc1ccc(F)cc1)cn2C. The lowest BCUT2D eigenvalue weighted by atomic mass is 10.1. The zero-order valence-electron chi connectivity index (χ0n) is 13.9. The first kappa shape index (κ1) is 16.7. The highest BCUT2D eigenvalue weighted by molar-refractivity contribution is 5.97. The molecule has 0 aliphatic rings. The van der Waals surface area contributed by atoms with Crippen LogP contribution in [0.1, 0.15) is 15.9 Å². The van der Waals surface area contributed by atoms with E-state index in [0.29, 0.717) is 16.7 Å². The first-order valence-corrected chi connectivity index (χ1v) is 7.69. The van der Waals surface area contributed by atoms with Gasteiger partial charge in [-0.15, -0.1) is 0 Å². The molecule has 3 aromatic rings. The molecule has 0 aliphatic carbocycles. The van der Waals surface area contributed by atoms with Gasteiger partial charge in [0.15, 0.2) is 0 Å². The van der Waals surface area contributed by atoms with Crippen LogP contribution in [0.5, 0.6) is 5.75 Å². The van der Waals surface area contributed by atoms with Crippen LogP contribution in [0, 0.1) is 5.82 Å². The van der Waals surface area contributed by atoms with Crippen LogP contribution in [0.3, 0.4) is 0 Å². The van der Waals surface area contributed by atoms with E-state index in [1.54, 1.807) is 41.9 Å². The quantitative estimate of drug-likeness (QED) is 0.794. The van der Waals surface area contributed by atoms with Crippen LogP contribution in [0.4, 0.5) is 4.39 Å². The maximum atomic E-state index is 12.9. The Hall–Kier alpha value is -3.15. The minimum Gasteiger partial charge on any atom is -0.497 e. The summed E-state index contributed by atoms with van der Waals surface area (Å²) in [5.74, 6) is -0.268. The van der Waals surface area contributed by atoms with Gasteiger partial charge in [-0.25, -0.2) is 4.39 Å². The number of fused-ring (bicyclic) bond motifs is 1. The lowest BCUT2D eigenvalue weighted by Crippen LogP contribution is -2.29. The second-order valence-electron chi connectivity index (χ2n) is 5.68. The third-order valence-corrected chi connectivity index (χ3v) is 4.01. The molecule has 1 amide bonds. The van der Waals surface area contributed by atoms with Gasteiger partial charge in [0, 0.05) is 19.8 Å². The maximum Gasteiger partial charge on any atom is 0.257 e. The molecular formula is C19H17FN2O3. The van der Waals surface area contributed by atoms with Crippen molar-refractivity contribution in [2.24, 2.45) is 7.05 Å². The minimum absolute atomic E-state index is 0.0466. The number of nitrogens with zero attached hydrogens (tertiary/aromatic N) is 1. The summed E-state index contributed by atoms with van der Waals surface area (Å²) in [6, 6.07) is 11.0. The summed E-state index contributed by atoms with van der Waals surface area (Å²) in [6.45, 7) is 0.207. The third-order valence-electron chi connectivity index (χ3n) is 4.01. The molecule has 1 N–H and O–H groups in total. The van der Waals surface area contributed by atoms with Crippen LogP contribution in [-0.2, 0) is 13.6 Å². The van der Waals surface area contributed by atoms with Gasteiger partial charge in [-0.3, -0.25) is 9.59 Å². The van der Waals surface area contributed by atoms with E-state index >= 15 is 0 Å². The second kappa shape index (κ2) is 6.76. The van der Waals surface area contributed by atoms with Crippen molar-refractivity contribution in [1.82, 2.24) is 9.88 Å². The van der Waals surface area contributed by atoms with Crippen LogP contribution in [0.25, 0.3) is 10.9 Å². The van der Waals surface area contributed by atoms with E-state index in [1.807, 2.05) is 0 Å². The maximum absolute atomic E-state index is 12.9. The van der Waals surface area contributed by atoms with Crippen LogP contribution >= 0.6 is 0 Å². The summed E-state index contributed by atoms with van der Waals surface area (Å²) >= 11 is 0. The molecule has 0 aliphatic heterocycles. The van der Waals surface area contributed by atoms with Crippen molar-refractivity contribution in [3.63, 3.8) is 0 Å². The molecule has 2 aromatic carbocycles. The average molecular weight is 340 g/mol. The van der Waals surface area contributed by atoms with E-state index in [9.17, 15) is 14.0 Å². The van der Waals surface area contributed by atoms with Gasteiger partial charge in [-0.2, -0.15) is 0 Å². The zero-order valence-corrected chi connectivity index (χ0v) is 13.9. The molecule has 5 nitrogen and oxygen atoms in total. The summed E-state index contributed by atoms with van der Waals surface area (Å²) in [7, 11) is 3.29. The number of rotatable bonds is 4. The van der Waals surface area contributed by atoms with E-state index in [0.717, 1.165) is 5.56 Å². The van der Waals surface area contributed by atoms with Crippen molar-refractivity contribution < 1.29 is 13.9 Å². The zero-order chi connectivity index (χ0) is 18.0. The van der Waals surface area contributed by atoms with Gasteiger partial charge in [-0.1, -0.05) is 12.1 Å². The number of halogens is 1. The van der Waals surface area contributed by atoms with E-state index in [-0.39, 0.29) is 23.4 Å². The highest BCUT2D eigenvalue weighted by Crippen LogP contribution is 2.18. The van der Waals surface area contributed by atoms with Crippen molar-refractivity contribution >= 4 is 16.8 Å². The number of methoxy groups -OCH3 is 1. The number of carbonyl (C=O) groups excluding carboxylic acids is 1. The first-order valence-electron chi connectivity index (χ1n) is 7.69. The molecule has 0 spiro atoms. The van der Waals surface area contributed by atoms with Crippen molar-refractivity contribution in [2.75, 3.05) is 7.11 Å². The van der Waals surface area contributed by atoms with Gasteiger partial charge in [0.25, 0.3) is 5.91 Å². The number of benzene rings is 2. The fourth-order valence-corrected chi connectivity index (χ4v) is 2.64. The molecule has 0 atom stereocenters. The fourth-order valence-electron chi connectivity index (χ4n) is 2.64. The third kappa shape index (κ3) is 3.38. The number of hydrogen-bond acceptors (Lipinski definition) is 3. The largest absolute Gasteiger partial charge is 0.497 e. The van der Waals surface area contributed by atoms with Crippen LogP contribution in [0.15, 0.2) is 53.5 Å². The number of aromatic nitrogens is 1. The molecule has 25 heavy (non-hydrogen) atoms. The number of pyridine rings is 1. The Balaban J connectivity index is 1.91. The molecule has 0 saturated heterocycles. The van der Waals surface area contributed by atoms with E-state index in [2.05, 4.69) is 5.32 Å². The Bertz CT molecular complexity index is 994. The number of aryl methyl sites for hydroxylation is 1. The molecule has 3 rings (SSSR count). The Morgan fingerprint density at radius 2 is 1.92 bits per heavy atom. The monoisotopic (exact) mass is 340 g/mol. The van der Waals surface area contributed by atoms with Gasteiger partial charge < -0.3 is 14.6 Å². The normalized spacial score (nSPS) is 10.7. The highest BCUT2D eigenvalue weighted by Gasteiger charge is 2.15. The molecule has 0 saturated carbocycles. The molecule has 128 valence electrons. The molecule has 1 aromatic heterocycles. The van der Waals surface area contributed by atoms with Crippen LogP contribution < -0.4 is 15.5 Å². The van der Waals surface area contributed by atoms with Crippen molar-refractivity contribution in [2.45, 2.75) is 6.54 Å². The summed E-state index contributed by atoms with van der Waals surface area (Å²) in [5.41, 5.74) is 1.14. The molecule has 0 fully saturated rings. The lowest BCUT2D eigenvalue weighted by Gasteiger charge is -2.11. The summed E-state index contributed by atoms with van der Waals surface area (Å²) in [5, 5.41) is 3.10. The van der Waals surface area contributed by atoms with Crippen LogP contribution in [0.2, 0.25) is 0 Å². The number of hydrogen-bond donors (Lipinski definition) is 1. The topological polar surface area (TPSA) is 60.3 Å². The number of ether oxygens (including phenoxy) is 1. The number of carbonyl (C=O) groups is 1. The highest BCUT2D eigenvalue weighted by atomic mass is 19.1. The van der Waals surface area contributed by atoms with Crippen molar-refractivity contribution in [3.8, 4) is 5.75 Å². The molecule has 0 radical (unpaired) electrons. The van der Waals surface area contributed by atoms with E-state index < -0.39 is 5.91 Å². The Morgan fingerprint density at radius 1 is 1.20 bits per heavy atom. The number of amides is 1. The molecule has 6 heteroatoms. The average Bonchev–Trinajstić information content (AvgIpc) is 2.63. The lowest BCUT2D eigenvalue weighted by molar-refractivity contribution is 0.0949. The fraction of sp³-hybridized carbons (Fsp3) is 0.158. The van der Waals surface area contributed by atoms with Crippen molar-refractivity contribution in [1.29, 1.82) is 0 Å². The van der Waals surface area contributed by atoms with Gasteiger partial charge in [0.05, 0.1) is 18.0 Å². The standard InChI is InChI=1S/C19H17FN2O3/c1-22-11-16(18(23)15-9-14(25-2)7-8-17(15)22)19(24)21-10-12-3-5-13(20)6-4-12/h3-9,11H,10H2,1-2H3,(H,21,24). The van der Waals surface area contributed by atoms with Crippen molar-refractivity contribution in [3.05, 3.63) is 75.8 Å². The second-order valence-corrected chi connectivity index (χ2v) is 5.68. The predicted molar refractivity (Wildman–Crippen MR) is 93.3 cm³/mol. The van der Waals surface area contributed by atoms with E-state index in [4.69, 9.17) is 4.74 Å². The first-order chi connectivity index (χ1) is 12.0. The number of nitrogens with one attached hydrogen (secondary N) is 1. The minimum atomic E-state index is -0.477. The Morgan fingerprint density at radius 3 is 2.60 bits per heavy atom. The molecule has 1 heterocycles. The predicted octanol–water partition coefficient (Wildman–Crippen LogP) is 2.62. The summed E-state index contributed by atoms with van der Waals surface area (Å²) in [6.07, 6.45) is 1.51. The van der Waals surface area contributed by atoms with Gasteiger partial charge in [0.1, 0.15) is 17.1 Å².